The van der Waals surface area contributed by atoms with Crippen molar-refractivity contribution in [1.29, 1.82) is 0 Å². The molecule has 6 nitrogen and oxygen atoms in total. The van der Waals surface area contributed by atoms with E-state index in [-0.39, 0.29) is 0 Å². The summed E-state index contributed by atoms with van der Waals surface area (Å²) >= 11 is 0. The minimum Gasteiger partial charge on any atom is -0.367 e. The van der Waals surface area contributed by atoms with E-state index in [9.17, 15) is 0 Å². The molecule has 0 amide bonds. The number of likely N-dealkylation sites (tertiary alicyclic amines) is 1. The van der Waals surface area contributed by atoms with E-state index in [2.05, 4.69) is 62.0 Å². The maximum atomic E-state index is 4.92. The van der Waals surface area contributed by atoms with E-state index in [1.807, 2.05) is 12.3 Å². The van der Waals surface area contributed by atoms with Crippen LogP contribution in [0.25, 0.3) is 11.0 Å². The molecule has 2 saturated heterocycles. The smallest absolute Gasteiger partial charge is 0.121 e. The zero-order chi connectivity index (χ0) is 18.9. The summed E-state index contributed by atoms with van der Waals surface area (Å²) in [6.07, 6.45) is 4.28. The normalized spacial score (nSPS) is 21.6. The van der Waals surface area contributed by atoms with E-state index >= 15 is 0 Å². The van der Waals surface area contributed by atoms with Crippen LogP contribution in [0.4, 0.5) is 5.69 Å². The average molecular weight is 377 g/mol. The Morgan fingerprint density at radius 3 is 2.75 bits per heavy atom. The van der Waals surface area contributed by atoms with Crippen molar-refractivity contribution in [3.63, 3.8) is 0 Å². The van der Waals surface area contributed by atoms with Crippen molar-refractivity contribution >= 4 is 16.7 Å². The Morgan fingerprint density at radius 2 is 1.93 bits per heavy atom. The third-order valence-corrected chi connectivity index (χ3v) is 6.13. The molecule has 3 aromatic rings. The van der Waals surface area contributed by atoms with Gasteiger partial charge in [0.15, 0.2) is 0 Å². The summed E-state index contributed by atoms with van der Waals surface area (Å²) < 4.78 is 0. The molecule has 1 atom stereocenters. The molecule has 0 spiro atoms. The number of anilines is 1. The minimum atomic E-state index is 0.395. The van der Waals surface area contributed by atoms with Gasteiger partial charge >= 0.3 is 0 Å². The zero-order valence-electron chi connectivity index (χ0n) is 16.5. The van der Waals surface area contributed by atoms with Crippen LogP contribution in [0.3, 0.4) is 0 Å². The number of imidazole rings is 1. The minimum absolute atomic E-state index is 0.395. The van der Waals surface area contributed by atoms with Gasteiger partial charge in [-0.05, 0) is 50.7 Å². The van der Waals surface area contributed by atoms with Crippen LogP contribution in [-0.2, 0) is 6.54 Å². The first kappa shape index (κ1) is 17.6. The highest BCUT2D eigenvalue weighted by atomic mass is 15.3. The van der Waals surface area contributed by atoms with Crippen LogP contribution in [0.2, 0.25) is 0 Å². The largest absolute Gasteiger partial charge is 0.367 e. The van der Waals surface area contributed by atoms with E-state index in [0.29, 0.717) is 6.04 Å². The van der Waals surface area contributed by atoms with Crippen molar-refractivity contribution in [3.05, 3.63) is 54.1 Å². The number of pyridine rings is 1. The van der Waals surface area contributed by atoms with Crippen LogP contribution in [0.1, 0.15) is 30.4 Å². The van der Waals surface area contributed by atoms with Gasteiger partial charge in [0, 0.05) is 32.4 Å². The van der Waals surface area contributed by atoms with Crippen LogP contribution >= 0.6 is 0 Å². The molecule has 2 aliphatic heterocycles. The number of aromatic nitrogens is 3. The molecule has 4 heterocycles. The molecule has 2 aliphatic rings. The first-order valence-electron chi connectivity index (χ1n) is 10.3. The number of hydrogen-bond acceptors (Lipinski definition) is 5. The standard InChI is InChI=1S/C22H28N6/c1-26-12-14-27(15-13-26)20-8-4-7-18-22(20)25-21(24-18)16-28-11-5-9-19(28)17-6-2-3-10-23-17/h2-4,6-8,10,19H,5,9,11-16H2,1H3,(H,24,25). The first-order valence-corrected chi connectivity index (χ1v) is 10.3. The summed E-state index contributed by atoms with van der Waals surface area (Å²) in [5.41, 5.74) is 4.71. The molecule has 0 saturated carbocycles. The van der Waals surface area contributed by atoms with Gasteiger partial charge in [-0.1, -0.05) is 12.1 Å². The maximum Gasteiger partial charge on any atom is 0.121 e. The number of likely N-dealkylation sites (N-methyl/N-ethyl adjacent to an activating group) is 1. The predicted molar refractivity (Wildman–Crippen MR) is 112 cm³/mol. The van der Waals surface area contributed by atoms with E-state index in [0.717, 1.165) is 50.6 Å². The number of aromatic amines is 1. The highest BCUT2D eigenvalue weighted by Crippen LogP contribution is 2.32. The highest BCUT2D eigenvalue weighted by molar-refractivity contribution is 5.89. The molecule has 6 heteroatoms. The van der Waals surface area contributed by atoms with E-state index in [4.69, 9.17) is 4.98 Å². The summed E-state index contributed by atoms with van der Waals surface area (Å²) in [4.78, 5) is 20.5. The molecule has 28 heavy (non-hydrogen) atoms. The third kappa shape index (κ3) is 3.38. The number of rotatable bonds is 4. The molecular weight excluding hydrogens is 348 g/mol. The Morgan fingerprint density at radius 1 is 1.04 bits per heavy atom. The van der Waals surface area contributed by atoms with Crippen molar-refractivity contribution in [1.82, 2.24) is 24.8 Å². The average Bonchev–Trinajstić information content (AvgIpc) is 3.36. The Balaban J connectivity index is 1.39. The molecular formula is C22H28N6. The number of fused-ring (bicyclic) bond motifs is 1. The lowest BCUT2D eigenvalue weighted by Crippen LogP contribution is -2.44. The fourth-order valence-corrected chi connectivity index (χ4v) is 4.57. The molecule has 0 bridgehead atoms. The maximum absolute atomic E-state index is 4.92. The number of nitrogens with one attached hydrogen (secondary N) is 1. The molecule has 0 aliphatic carbocycles. The summed E-state index contributed by atoms with van der Waals surface area (Å²) in [6, 6.07) is 13.1. The van der Waals surface area contributed by atoms with Crippen LogP contribution in [0.5, 0.6) is 0 Å². The van der Waals surface area contributed by atoms with Crippen LogP contribution in [0, 0.1) is 0 Å². The predicted octanol–water partition coefficient (Wildman–Crippen LogP) is 3.05. The van der Waals surface area contributed by atoms with Crippen molar-refractivity contribution in [2.45, 2.75) is 25.4 Å². The van der Waals surface area contributed by atoms with Gasteiger partial charge < -0.3 is 14.8 Å². The number of hydrogen-bond donors (Lipinski definition) is 1. The number of nitrogens with zero attached hydrogens (tertiary/aromatic N) is 5. The van der Waals surface area contributed by atoms with Gasteiger partial charge in [0.25, 0.3) is 0 Å². The van der Waals surface area contributed by atoms with Crippen molar-refractivity contribution in [3.8, 4) is 0 Å². The number of piperazine rings is 1. The number of para-hydroxylation sites is 1. The van der Waals surface area contributed by atoms with Gasteiger partial charge in [0.05, 0.1) is 35.0 Å². The Bertz CT molecular complexity index is 929. The van der Waals surface area contributed by atoms with E-state index < -0.39 is 0 Å². The molecule has 1 unspecified atom stereocenters. The van der Waals surface area contributed by atoms with Gasteiger partial charge in [-0.2, -0.15) is 0 Å². The molecule has 0 radical (unpaired) electrons. The lowest BCUT2D eigenvalue weighted by molar-refractivity contribution is 0.239. The second kappa shape index (κ2) is 7.53. The van der Waals surface area contributed by atoms with Gasteiger partial charge in [0.2, 0.25) is 0 Å². The highest BCUT2D eigenvalue weighted by Gasteiger charge is 2.28. The fraction of sp³-hybridized carbons (Fsp3) is 0.455. The van der Waals surface area contributed by atoms with Crippen molar-refractivity contribution in [2.75, 3.05) is 44.7 Å². The second-order valence-corrected chi connectivity index (χ2v) is 8.03. The summed E-state index contributed by atoms with van der Waals surface area (Å²) in [7, 11) is 2.19. The zero-order valence-corrected chi connectivity index (χ0v) is 16.5. The van der Waals surface area contributed by atoms with Crippen molar-refractivity contribution in [2.24, 2.45) is 0 Å². The third-order valence-electron chi connectivity index (χ3n) is 6.13. The Kier molecular flexibility index (Phi) is 4.74. The quantitative estimate of drug-likeness (QED) is 0.758. The summed E-state index contributed by atoms with van der Waals surface area (Å²) in [6.45, 7) is 6.30. The van der Waals surface area contributed by atoms with Crippen molar-refractivity contribution < 1.29 is 0 Å². The molecule has 2 fully saturated rings. The molecule has 1 aromatic carbocycles. The SMILES string of the molecule is CN1CCN(c2cccc3nc(CN4CCCC4c4ccccn4)[nH]c23)CC1. The van der Waals surface area contributed by atoms with E-state index in [1.54, 1.807) is 0 Å². The Labute approximate surface area is 166 Å². The molecule has 146 valence electrons. The van der Waals surface area contributed by atoms with Gasteiger partial charge in [0.1, 0.15) is 5.82 Å². The topological polar surface area (TPSA) is 51.3 Å². The monoisotopic (exact) mass is 376 g/mol. The lowest BCUT2D eigenvalue weighted by atomic mass is 10.1. The van der Waals surface area contributed by atoms with Gasteiger partial charge in [-0.25, -0.2) is 4.98 Å². The Hall–Kier alpha value is -2.44. The van der Waals surface area contributed by atoms with Crippen LogP contribution < -0.4 is 4.90 Å². The summed E-state index contributed by atoms with van der Waals surface area (Å²) in [5, 5.41) is 0. The molecule has 2 aromatic heterocycles. The fourth-order valence-electron chi connectivity index (χ4n) is 4.57. The first-order chi connectivity index (χ1) is 13.8. The molecule has 1 N–H and O–H groups in total. The summed E-state index contributed by atoms with van der Waals surface area (Å²) in [5.74, 6) is 1.06. The van der Waals surface area contributed by atoms with Gasteiger partial charge in [-0.15, -0.1) is 0 Å². The van der Waals surface area contributed by atoms with Gasteiger partial charge in [-0.3, -0.25) is 9.88 Å². The second-order valence-electron chi connectivity index (χ2n) is 8.03. The molecule has 5 rings (SSSR count). The number of benzene rings is 1. The van der Waals surface area contributed by atoms with E-state index in [1.165, 1.54) is 29.7 Å². The van der Waals surface area contributed by atoms with Crippen LogP contribution in [-0.4, -0.2) is 64.5 Å². The lowest BCUT2D eigenvalue weighted by Gasteiger charge is -2.34. The van der Waals surface area contributed by atoms with Crippen LogP contribution in [0.15, 0.2) is 42.6 Å². The number of H-pyrrole nitrogens is 1.